The van der Waals surface area contributed by atoms with Gasteiger partial charge in [-0.1, -0.05) is 162 Å². The second kappa shape index (κ2) is 32.4. The Hall–Kier alpha value is -7.39. The number of carbonyl (C=O) groups excluding carboxylic acids is 1. The number of aromatic nitrogens is 5. The van der Waals surface area contributed by atoms with E-state index >= 15 is 0 Å². The van der Waals surface area contributed by atoms with Crippen molar-refractivity contribution in [1.29, 1.82) is 0 Å². The first kappa shape index (κ1) is 65.7. The third-order valence-electron chi connectivity index (χ3n) is 11.3. The molecule has 0 unspecified atom stereocenters. The van der Waals surface area contributed by atoms with Gasteiger partial charge in [-0.25, -0.2) is 4.98 Å². The summed E-state index contributed by atoms with van der Waals surface area (Å²) in [6.07, 6.45) is 7.28. The highest BCUT2D eigenvalue weighted by Gasteiger charge is 2.18. The molecule has 71 heavy (non-hydrogen) atoms. The molecule has 0 aliphatic carbocycles. The second-order valence-electron chi connectivity index (χ2n) is 15.7. The van der Waals surface area contributed by atoms with Gasteiger partial charge in [-0.2, -0.15) is 5.10 Å². The van der Waals surface area contributed by atoms with Crippen LogP contribution in [-0.2, 0) is 17.6 Å². The molecule has 0 saturated carbocycles. The molecule has 9 heteroatoms. The number of imidazole rings is 1. The van der Waals surface area contributed by atoms with E-state index in [0.717, 1.165) is 34.3 Å². The lowest BCUT2D eigenvalue weighted by Gasteiger charge is -2.00. The number of amides is 1. The molecule has 7 aromatic carbocycles. The van der Waals surface area contributed by atoms with Crippen LogP contribution in [0.25, 0.3) is 43.6 Å². The molecule has 3 aromatic heterocycles. The Morgan fingerprint density at radius 1 is 0.479 bits per heavy atom. The van der Waals surface area contributed by atoms with Gasteiger partial charge >= 0.3 is 0 Å². The number of benzene rings is 7. The number of para-hydroxylation sites is 1. The standard InChI is InChI=1S/C11H10.C9H9NO.C9H11N.C9H9N.2C8H8N2.CH3B.7CH4/c1-9-5-4-7-10-6-2-3-8-11(9)10;1-6-3-2-4-8-7(6)5-9(11)10-8;2*1-7-3-2-4-9-8(7)5-6-10-9;1-6-3-2-4-8-7(6)5-9-10-8;1-6-3-2-4-7-8(6)10-5-9-7;1-2;;;;;;;/h2-8H,1H3;2-4H,5H2,1H3,(H,10,11);2-4,10H,5-6H2,1H3;2-6,10H,1H3;2*2-5H,1H3,(H,9,10);1H3;7*1H4. The Balaban J connectivity index is 0. The number of hydrogen-bond acceptors (Lipinski definition) is 4. The lowest BCUT2D eigenvalue weighted by atomic mass is 10.1. The monoisotopic (exact) mass is 956 g/mol. The van der Waals surface area contributed by atoms with Gasteiger partial charge in [0.1, 0.15) is 0 Å². The number of anilines is 2. The number of aromatic amines is 3. The van der Waals surface area contributed by atoms with Crippen molar-refractivity contribution in [3.63, 3.8) is 0 Å². The van der Waals surface area contributed by atoms with Crippen LogP contribution in [0.4, 0.5) is 11.4 Å². The van der Waals surface area contributed by atoms with Gasteiger partial charge in [-0.15, -0.1) is 0 Å². The van der Waals surface area contributed by atoms with Crippen LogP contribution in [0.2, 0.25) is 6.82 Å². The molecule has 10 aromatic rings. The number of H-pyrrole nitrogens is 3. The highest BCUT2D eigenvalue weighted by atomic mass is 16.1. The van der Waals surface area contributed by atoms with Crippen molar-refractivity contribution in [2.45, 2.75) is 113 Å². The van der Waals surface area contributed by atoms with Gasteiger partial charge in [0.05, 0.1) is 43.3 Å². The first-order chi connectivity index (χ1) is 31.2. The molecule has 0 atom stereocenters. The minimum Gasteiger partial charge on any atom is -0.384 e. The van der Waals surface area contributed by atoms with Crippen molar-refractivity contribution in [3.05, 3.63) is 203 Å². The fraction of sp³-hybridized carbons (Fsp3) is 0.274. The molecule has 0 bridgehead atoms. The number of carbonyl (C=O) groups is 1. The summed E-state index contributed by atoms with van der Waals surface area (Å²) in [5.74, 6) is 0.106. The molecule has 5 heterocycles. The van der Waals surface area contributed by atoms with Crippen molar-refractivity contribution in [3.8, 4) is 0 Å². The van der Waals surface area contributed by atoms with E-state index in [-0.39, 0.29) is 57.9 Å². The van der Waals surface area contributed by atoms with E-state index in [9.17, 15) is 4.79 Å². The van der Waals surface area contributed by atoms with Crippen molar-refractivity contribution < 1.29 is 4.79 Å². The van der Waals surface area contributed by atoms with Crippen LogP contribution in [0.5, 0.6) is 0 Å². The molecule has 378 valence electrons. The first-order valence-corrected chi connectivity index (χ1v) is 21.7. The summed E-state index contributed by atoms with van der Waals surface area (Å²) >= 11 is 0. The van der Waals surface area contributed by atoms with Gasteiger partial charge in [0.2, 0.25) is 5.91 Å². The van der Waals surface area contributed by atoms with Crippen LogP contribution in [-0.4, -0.2) is 45.4 Å². The minimum atomic E-state index is 0. The SMILES string of the molecule is C.C.C.C.C.C.C.Cc1cccc2[nH]ccc12.Cc1cccc2[nH]cnc12.Cc1cccc2[nH]ncc12.Cc1cccc2c1CC(=O)N2.Cc1cccc2c1CCN2.Cc1cccc2ccccc12.[B]C. The van der Waals surface area contributed by atoms with Gasteiger partial charge in [-0.05, 0) is 140 Å². The number of nitrogens with one attached hydrogen (secondary N) is 5. The lowest BCUT2D eigenvalue weighted by Crippen LogP contribution is -2.03. The molecule has 12 rings (SSSR count). The van der Waals surface area contributed by atoms with E-state index < -0.39 is 0 Å². The fourth-order valence-corrected chi connectivity index (χ4v) is 7.79. The smallest absolute Gasteiger partial charge is 0.228 e. The summed E-state index contributed by atoms with van der Waals surface area (Å²) in [4.78, 5) is 21.3. The van der Waals surface area contributed by atoms with Gasteiger partial charge in [0.15, 0.2) is 0 Å². The largest absolute Gasteiger partial charge is 0.384 e. The molecular formula is C62H86BN7O. The maximum Gasteiger partial charge on any atom is 0.228 e. The highest BCUT2D eigenvalue weighted by molar-refractivity contribution is 6.05. The van der Waals surface area contributed by atoms with Gasteiger partial charge in [0.25, 0.3) is 0 Å². The third kappa shape index (κ3) is 17.2. The van der Waals surface area contributed by atoms with Crippen molar-refractivity contribution in [2.24, 2.45) is 0 Å². The van der Waals surface area contributed by atoms with E-state index in [1.165, 1.54) is 84.9 Å². The van der Waals surface area contributed by atoms with E-state index in [2.05, 4.69) is 175 Å². The van der Waals surface area contributed by atoms with E-state index in [1.54, 1.807) is 6.33 Å². The fourth-order valence-electron chi connectivity index (χ4n) is 7.79. The summed E-state index contributed by atoms with van der Waals surface area (Å²) in [6.45, 7) is 15.2. The number of hydrogen-bond donors (Lipinski definition) is 5. The summed E-state index contributed by atoms with van der Waals surface area (Å²) < 4.78 is 0. The summed E-state index contributed by atoms with van der Waals surface area (Å²) in [6, 6.07) is 47.8. The Labute approximate surface area is 430 Å². The zero-order valence-electron chi connectivity index (χ0n) is 38.0. The summed E-state index contributed by atoms with van der Waals surface area (Å²) in [5, 5.41) is 18.2. The molecule has 2 aliphatic heterocycles. The zero-order valence-corrected chi connectivity index (χ0v) is 38.0. The molecule has 0 saturated heterocycles. The quantitative estimate of drug-likeness (QED) is 0.0974. The van der Waals surface area contributed by atoms with Gasteiger partial charge in [-0.3, -0.25) is 9.89 Å². The highest BCUT2D eigenvalue weighted by Crippen LogP contribution is 2.26. The second-order valence-corrected chi connectivity index (χ2v) is 15.7. The number of aryl methyl sites for hydroxylation is 6. The van der Waals surface area contributed by atoms with E-state index in [4.69, 9.17) is 0 Å². The zero-order chi connectivity index (χ0) is 45.4. The van der Waals surface area contributed by atoms with Crippen molar-refractivity contribution >= 4 is 68.7 Å². The van der Waals surface area contributed by atoms with Crippen LogP contribution in [0.3, 0.4) is 0 Å². The van der Waals surface area contributed by atoms with Crippen LogP contribution in [0.15, 0.2) is 158 Å². The van der Waals surface area contributed by atoms with Gasteiger partial charge < -0.3 is 20.6 Å². The molecule has 0 spiro atoms. The van der Waals surface area contributed by atoms with Crippen molar-refractivity contribution in [1.82, 2.24) is 25.1 Å². The maximum atomic E-state index is 10.9. The normalized spacial score (nSPS) is 10.4. The predicted molar refractivity (Wildman–Crippen MR) is 319 cm³/mol. The average molecular weight is 956 g/mol. The van der Waals surface area contributed by atoms with Crippen LogP contribution in [0, 0.1) is 41.5 Å². The van der Waals surface area contributed by atoms with Crippen LogP contribution >= 0.6 is 0 Å². The number of fused-ring (bicyclic) bond motifs is 6. The Kier molecular flexibility index (Phi) is 30.0. The molecule has 1 amide bonds. The molecular weight excluding hydrogens is 870 g/mol. The van der Waals surface area contributed by atoms with E-state index in [0.29, 0.717) is 6.42 Å². The Morgan fingerprint density at radius 2 is 1.00 bits per heavy atom. The number of rotatable bonds is 0. The first-order valence-electron chi connectivity index (χ1n) is 21.7. The minimum absolute atomic E-state index is 0. The Morgan fingerprint density at radius 3 is 1.61 bits per heavy atom. The summed E-state index contributed by atoms with van der Waals surface area (Å²) in [7, 11) is 4.50. The topological polar surface area (TPSA) is 114 Å². The van der Waals surface area contributed by atoms with Gasteiger partial charge in [0, 0.05) is 40.4 Å². The van der Waals surface area contributed by atoms with Crippen LogP contribution < -0.4 is 10.6 Å². The average Bonchev–Trinajstić information content (AvgIpc) is 4.17. The molecule has 5 N–H and O–H groups in total. The van der Waals surface area contributed by atoms with Crippen molar-refractivity contribution in [2.75, 3.05) is 17.2 Å². The molecule has 0 fully saturated rings. The Bertz CT molecular complexity index is 2890. The molecule has 2 aliphatic rings. The molecule has 2 radical (unpaired) electrons. The van der Waals surface area contributed by atoms with E-state index in [1.807, 2.05) is 61.8 Å². The lowest BCUT2D eigenvalue weighted by molar-refractivity contribution is -0.115. The van der Waals surface area contributed by atoms with Crippen LogP contribution in [0.1, 0.15) is 96.5 Å². The number of nitrogens with zero attached hydrogens (tertiary/aromatic N) is 2. The summed E-state index contributed by atoms with van der Waals surface area (Å²) in [5.41, 5.74) is 17.3. The molecule has 8 nitrogen and oxygen atoms in total. The maximum absolute atomic E-state index is 10.9. The predicted octanol–water partition coefficient (Wildman–Crippen LogP) is 17.5. The third-order valence-corrected chi connectivity index (χ3v) is 11.3.